The highest BCUT2D eigenvalue weighted by Gasteiger charge is 2.51. The molecule has 2 fully saturated rings. The molecule has 34 heavy (non-hydrogen) atoms. The average molecular weight is 498 g/mol. The molecule has 1 atom stereocenters. The number of carboxylic acid groups (broad SMARTS) is 1. The van der Waals surface area contributed by atoms with Crippen LogP contribution >= 0.6 is 19.3 Å². The van der Waals surface area contributed by atoms with E-state index < -0.39 is 18.1 Å². The van der Waals surface area contributed by atoms with E-state index in [-0.39, 0.29) is 0 Å². The van der Waals surface area contributed by atoms with Crippen molar-refractivity contribution in [2.75, 3.05) is 0 Å². The summed E-state index contributed by atoms with van der Waals surface area (Å²) in [7, 11) is -1.79. The van der Waals surface area contributed by atoms with Gasteiger partial charge in [-0.05, 0) is 47.6 Å². The number of carbonyl (C=O) groups is 1. The third kappa shape index (κ3) is 5.60. The molecule has 1 unspecified atom stereocenters. The van der Waals surface area contributed by atoms with Gasteiger partial charge in [-0.2, -0.15) is 0 Å². The highest BCUT2D eigenvalue weighted by atomic mass is 32.7. The number of carboxylic acids is 1. The molecule has 0 saturated heterocycles. The first-order valence-electron chi connectivity index (χ1n) is 13.0. The van der Waals surface area contributed by atoms with E-state index in [1.807, 2.05) is 43.3 Å². The van der Waals surface area contributed by atoms with Gasteiger partial charge in [-0.1, -0.05) is 99.1 Å². The molecule has 2 aliphatic rings. The largest absolute Gasteiger partial charge is 0.478 e. The smallest absolute Gasteiger partial charge is 0.418 e. The molecule has 1 N–H and O–H groups in total. The van der Waals surface area contributed by atoms with Crippen LogP contribution in [0.2, 0.25) is 0 Å². The Morgan fingerprint density at radius 3 is 1.97 bits per heavy atom. The quantitative estimate of drug-likeness (QED) is 0.282. The van der Waals surface area contributed by atoms with Crippen molar-refractivity contribution in [2.24, 2.45) is 11.8 Å². The first-order chi connectivity index (χ1) is 16.4. The average Bonchev–Trinajstić information content (AvgIpc) is 2.84. The fourth-order valence-electron chi connectivity index (χ4n) is 6.44. The predicted molar refractivity (Wildman–Crippen MR) is 144 cm³/mol. The minimum atomic E-state index is -1.79. The van der Waals surface area contributed by atoms with Crippen molar-refractivity contribution in [3.05, 3.63) is 59.2 Å². The van der Waals surface area contributed by atoms with Crippen molar-refractivity contribution in [2.45, 2.75) is 89.1 Å². The van der Waals surface area contributed by atoms with Gasteiger partial charge in [-0.3, -0.25) is 0 Å². The van der Waals surface area contributed by atoms with Crippen molar-refractivity contribution in [3.8, 4) is 11.1 Å². The third-order valence-corrected chi connectivity index (χ3v) is 10.8. The number of hydrogen-bond acceptors (Lipinski definition) is 2. The van der Waals surface area contributed by atoms with Gasteiger partial charge in [0.2, 0.25) is 5.16 Å². The Morgan fingerprint density at radius 1 is 0.912 bits per heavy atom. The lowest BCUT2D eigenvalue weighted by atomic mass is 9.73. The summed E-state index contributed by atoms with van der Waals surface area (Å²) in [5.74, 6) is 0.194. The summed E-state index contributed by atoms with van der Waals surface area (Å²) >= 11 is 4.69. The molecule has 3 nitrogen and oxygen atoms in total. The molecule has 2 aromatic carbocycles. The first-order valence-corrected chi connectivity index (χ1v) is 15.4. The number of hydrogen-bond donors (Lipinski definition) is 2. The fraction of sp³-hybridized carbons (Fsp3) is 0.552. The number of aryl methyl sites for hydroxylation is 1. The van der Waals surface area contributed by atoms with E-state index in [0.717, 1.165) is 35.1 Å². The lowest BCUT2D eigenvalue weighted by molar-refractivity contribution is 0.0697. The molecule has 2 aromatic rings. The Hall–Kier alpha value is -1.64. The maximum Gasteiger partial charge on any atom is 0.418 e. The highest BCUT2D eigenvalue weighted by molar-refractivity contribution is 8.40. The van der Waals surface area contributed by atoms with Crippen molar-refractivity contribution >= 4 is 25.2 Å². The molecule has 0 bridgehead atoms. The molecular formula is C29H38O3PS+. The monoisotopic (exact) mass is 497 g/mol. The van der Waals surface area contributed by atoms with Gasteiger partial charge in [0.05, 0.1) is 5.56 Å². The van der Waals surface area contributed by atoms with E-state index >= 15 is 0 Å². The number of aromatic carboxylic acids is 1. The molecule has 4 rings (SSSR count). The van der Waals surface area contributed by atoms with Crippen LogP contribution in [0.3, 0.4) is 0 Å². The van der Waals surface area contributed by atoms with Crippen LogP contribution in [0.4, 0.5) is 0 Å². The Morgan fingerprint density at radius 2 is 1.47 bits per heavy atom. The zero-order valence-electron chi connectivity index (χ0n) is 20.3. The molecule has 0 heterocycles. The Kier molecular flexibility index (Phi) is 8.53. The molecule has 0 radical (unpaired) electrons. The van der Waals surface area contributed by atoms with Gasteiger partial charge in [-0.25, -0.2) is 4.79 Å². The first kappa shape index (κ1) is 25.5. The van der Waals surface area contributed by atoms with E-state index in [1.54, 1.807) is 6.07 Å². The summed E-state index contributed by atoms with van der Waals surface area (Å²) in [6.07, 6.45) is 14.2. The van der Waals surface area contributed by atoms with Crippen LogP contribution in [0.25, 0.3) is 11.1 Å². The molecule has 5 heteroatoms. The van der Waals surface area contributed by atoms with Crippen molar-refractivity contribution in [3.63, 3.8) is 0 Å². The lowest BCUT2D eigenvalue weighted by Crippen LogP contribution is -2.29. The molecular weight excluding hydrogens is 459 g/mol. The van der Waals surface area contributed by atoms with Crippen LogP contribution in [0, 0.1) is 18.8 Å². The second kappa shape index (κ2) is 11.4. The normalized spacial score (nSPS) is 18.6. The van der Waals surface area contributed by atoms with E-state index in [2.05, 4.69) is 0 Å². The second-order valence-corrected chi connectivity index (χ2v) is 13.1. The summed E-state index contributed by atoms with van der Waals surface area (Å²) in [6.45, 7) is 2.02. The van der Waals surface area contributed by atoms with E-state index in [4.69, 9.17) is 12.2 Å². The van der Waals surface area contributed by atoms with Gasteiger partial charge >= 0.3 is 13.0 Å². The minimum absolute atomic E-state index is 0.302. The van der Waals surface area contributed by atoms with Crippen molar-refractivity contribution in [1.82, 2.24) is 0 Å². The SMILES string of the molecule is Cc1ccccc1-c1cc(C(CC2CCCCC2)(CC2CCCCC2)[P+](=O)S)ccc1C(=O)O. The van der Waals surface area contributed by atoms with Gasteiger partial charge in [-0.15, -0.1) is 0 Å². The molecule has 0 aromatic heterocycles. The summed E-state index contributed by atoms with van der Waals surface area (Å²) in [4.78, 5) is 12.2. The lowest BCUT2D eigenvalue weighted by Gasteiger charge is -2.34. The van der Waals surface area contributed by atoms with Gasteiger partial charge in [0.1, 0.15) is 12.2 Å². The van der Waals surface area contributed by atoms with Gasteiger partial charge in [0, 0.05) is 18.4 Å². The fourth-order valence-corrected chi connectivity index (χ4v) is 8.47. The minimum Gasteiger partial charge on any atom is -0.478 e. The summed E-state index contributed by atoms with van der Waals surface area (Å²) < 4.78 is 13.6. The number of rotatable bonds is 8. The Bertz CT molecular complexity index is 1000. The summed E-state index contributed by atoms with van der Waals surface area (Å²) in [6, 6.07) is 13.7. The standard InChI is InChI=1S/C29H37O3PS/c1-21-10-8-9-15-25(21)27-18-24(16-17-26(27)28(30)31)29(33(32)34,19-22-11-4-2-5-12-22)20-23-13-6-3-7-14-23/h8-10,15-18,22-23H,2-7,11-14,19-20H2,1H3,(H-,30,31,32,34)/p+1. The van der Waals surface area contributed by atoms with Crippen molar-refractivity contribution < 1.29 is 14.5 Å². The van der Waals surface area contributed by atoms with E-state index in [9.17, 15) is 14.5 Å². The van der Waals surface area contributed by atoms with Gasteiger partial charge in [0.15, 0.2) is 0 Å². The maximum atomic E-state index is 13.6. The number of benzene rings is 2. The zero-order valence-corrected chi connectivity index (χ0v) is 22.1. The van der Waals surface area contributed by atoms with Crippen LogP contribution in [-0.4, -0.2) is 11.1 Å². The molecule has 182 valence electrons. The van der Waals surface area contributed by atoms with Crippen LogP contribution in [0.5, 0.6) is 0 Å². The Labute approximate surface area is 210 Å². The van der Waals surface area contributed by atoms with Crippen LogP contribution in [0.15, 0.2) is 42.5 Å². The van der Waals surface area contributed by atoms with Crippen LogP contribution in [0.1, 0.15) is 98.5 Å². The summed E-state index contributed by atoms with van der Waals surface area (Å²) in [5.41, 5.74) is 4.02. The zero-order chi connectivity index (χ0) is 24.1. The van der Waals surface area contributed by atoms with E-state index in [1.165, 1.54) is 64.2 Å². The molecule has 0 amide bonds. The van der Waals surface area contributed by atoms with Crippen LogP contribution in [-0.2, 0) is 9.72 Å². The summed E-state index contributed by atoms with van der Waals surface area (Å²) in [5, 5.41) is 9.45. The van der Waals surface area contributed by atoms with E-state index in [0.29, 0.717) is 17.4 Å². The maximum absolute atomic E-state index is 13.6. The molecule has 2 saturated carbocycles. The van der Waals surface area contributed by atoms with Gasteiger partial charge < -0.3 is 5.11 Å². The second-order valence-electron chi connectivity index (χ2n) is 10.6. The van der Waals surface area contributed by atoms with Crippen LogP contribution < -0.4 is 0 Å². The topological polar surface area (TPSA) is 54.4 Å². The van der Waals surface area contributed by atoms with Crippen molar-refractivity contribution in [1.29, 1.82) is 0 Å². The highest BCUT2D eigenvalue weighted by Crippen LogP contribution is 2.60. The molecule has 0 aliphatic heterocycles. The third-order valence-electron chi connectivity index (χ3n) is 8.29. The van der Waals surface area contributed by atoms with Gasteiger partial charge in [0.25, 0.3) is 0 Å². The predicted octanol–water partition coefficient (Wildman–Crippen LogP) is 9.17. The molecule has 0 spiro atoms. The molecule has 2 aliphatic carbocycles. The Balaban J connectivity index is 1.83. The number of thiol groups is 1.